The summed E-state index contributed by atoms with van der Waals surface area (Å²) in [6.07, 6.45) is 4.66. The number of hydrogen-bond donors (Lipinski definition) is 2. The van der Waals surface area contributed by atoms with E-state index in [1.54, 1.807) is 12.2 Å². The van der Waals surface area contributed by atoms with Crippen LogP contribution in [0.2, 0.25) is 0 Å². The van der Waals surface area contributed by atoms with Crippen LogP contribution in [-0.4, -0.2) is 17.1 Å². The van der Waals surface area contributed by atoms with Gasteiger partial charge in [0.15, 0.2) is 0 Å². The maximum atomic E-state index is 10.8. The van der Waals surface area contributed by atoms with Gasteiger partial charge in [-0.25, -0.2) is 0 Å². The van der Waals surface area contributed by atoms with Crippen LogP contribution < -0.4 is 5.73 Å². The van der Waals surface area contributed by atoms with E-state index >= 15 is 0 Å². The smallest absolute Gasteiger partial charge is 0.313 e. The minimum atomic E-state index is -0.760. The van der Waals surface area contributed by atoms with Crippen LogP contribution in [0, 0.1) is 5.41 Å². The maximum Gasteiger partial charge on any atom is 0.313 e. The highest BCUT2D eigenvalue weighted by atomic mass is 16.4. The molecule has 0 amide bonds. The Morgan fingerprint density at radius 2 is 2.55 bits per heavy atom. The van der Waals surface area contributed by atoms with Crippen molar-refractivity contribution in [2.75, 3.05) is 0 Å². The first-order valence-electron chi connectivity index (χ1n) is 3.79. The van der Waals surface area contributed by atoms with Gasteiger partial charge in [0, 0.05) is 6.04 Å². The Morgan fingerprint density at radius 3 is 2.73 bits per heavy atom. The van der Waals surface area contributed by atoms with Gasteiger partial charge in [0.25, 0.3) is 0 Å². The van der Waals surface area contributed by atoms with E-state index in [0.29, 0.717) is 12.8 Å². The Morgan fingerprint density at radius 1 is 1.91 bits per heavy atom. The van der Waals surface area contributed by atoms with Crippen molar-refractivity contribution in [3.8, 4) is 0 Å². The summed E-state index contributed by atoms with van der Waals surface area (Å²) in [5, 5.41) is 8.87. The monoisotopic (exact) mass is 155 g/mol. The fourth-order valence-corrected chi connectivity index (χ4v) is 1.44. The molecule has 0 fully saturated rings. The van der Waals surface area contributed by atoms with Gasteiger partial charge < -0.3 is 10.8 Å². The molecule has 0 radical (unpaired) electrons. The molecule has 3 heteroatoms. The number of carboxylic acids is 1. The molecule has 0 heterocycles. The summed E-state index contributed by atoms with van der Waals surface area (Å²) in [5.41, 5.74) is 4.89. The second-order valence-electron chi connectivity index (χ2n) is 3.04. The van der Waals surface area contributed by atoms with E-state index in [-0.39, 0.29) is 6.04 Å². The van der Waals surface area contributed by atoms with Crippen LogP contribution in [0.1, 0.15) is 19.8 Å². The van der Waals surface area contributed by atoms with Crippen molar-refractivity contribution in [3.05, 3.63) is 12.2 Å². The number of aliphatic carboxylic acids is 1. The molecule has 0 saturated heterocycles. The van der Waals surface area contributed by atoms with E-state index in [1.165, 1.54) is 0 Å². The molecular weight excluding hydrogens is 142 g/mol. The second-order valence-corrected chi connectivity index (χ2v) is 3.04. The molecule has 1 rings (SSSR count). The first-order valence-corrected chi connectivity index (χ1v) is 3.79. The molecule has 0 aromatic carbocycles. The van der Waals surface area contributed by atoms with Crippen molar-refractivity contribution in [1.29, 1.82) is 0 Å². The number of carbonyl (C=O) groups is 1. The van der Waals surface area contributed by atoms with E-state index in [2.05, 4.69) is 0 Å². The van der Waals surface area contributed by atoms with Crippen LogP contribution in [0.3, 0.4) is 0 Å². The zero-order valence-electron chi connectivity index (χ0n) is 6.58. The van der Waals surface area contributed by atoms with Crippen LogP contribution in [0.15, 0.2) is 12.2 Å². The standard InChI is InChI=1S/C8H13NO2/c1-2-8(7(10)11)4-3-6(9)5-8/h3-4,6H,2,5,9H2,1H3,(H,10,11)/t6-,8+/m1/s1. The molecule has 0 aromatic rings. The maximum absolute atomic E-state index is 10.8. The van der Waals surface area contributed by atoms with Gasteiger partial charge in [-0.3, -0.25) is 4.79 Å². The van der Waals surface area contributed by atoms with Gasteiger partial charge in [-0.15, -0.1) is 0 Å². The Bertz CT molecular complexity index is 200. The summed E-state index contributed by atoms with van der Waals surface area (Å²) in [5.74, 6) is -0.760. The first kappa shape index (κ1) is 8.27. The minimum Gasteiger partial charge on any atom is -0.481 e. The Balaban J connectivity index is 2.80. The van der Waals surface area contributed by atoms with Gasteiger partial charge in [-0.05, 0) is 12.8 Å². The number of nitrogens with two attached hydrogens (primary N) is 1. The summed E-state index contributed by atoms with van der Waals surface area (Å²) >= 11 is 0. The molecule has 0 aromatic heterocycles. The van der Waals surface area contributed by atoms with Gasteiger partial charge in [0.2, 0.25) is 0 Å². The molecule has 1 aliphatic carbocycles. The molecule has 0 bridgehead atoms. The highest BCUT2D eigenvalue weighted by Gasteiger charge is 2.38. The molecule has 0 aliphatic heterocycles. The van der Waals surface area contributed by atoms with Gasteiger partial charge in [0.05, 0.1) is 5.41 Å². The molecule has 62 valence electrons. The molecule has 0 spiro atoms. The zero-order valence-corrected chi connectivity index (χ0v) is 6.58. The fraction of sp³-hybridized carbons (Fsp3) is 0.625. The number of hydrogen-bond acceptors (Lipinski definition) is 2. The molecule has 11 heavy (non-hydrogen) atoms. The quantitative estimate of drug-likeness (QED) is 0.578. The molecule has 3 nitrogen and oxygen atoms in total. The Kier molecular flexibility index (Phi) is 2.00. The molecular formula is C8H13NO2. The van der Waals surface area contributed by atoms with E-state index in [0.717, 1.165) is 0 Å². The minimum absolute atomic E-state index is 0.0777. The van der Waals surface area contributed by atoms with Crippen molar-refractivity contribution in [2.24, 2.45) is 11.1 Å². The highest BCUT2D eigenvalue weighted by Crippen LogP contribution is 2.34. The van der Waals surface area contributed by atoms with Crippen LogP contribution in [0.25, 0.3) is 0 Å². The van der Waals surface area contributed by atoms with E-state index in [4.69, 9.17) is 10.8 Å². The molecule has 1 aliphatic rings. The summed E-state index contributed by atoms with van der Waals surface area (Å²) in [7, 11) is 0. The molecule has 0 saturated carbocycles. The lowest BCUT2D eigenvalue weighted by atomic mass is 9.84. The van der Waals surface area contributed by atoms with E-state index in [1.807, 2.05) is 6.92 Å². The lowest BCUT2D eigenvalue weighted by Crippen LogP contribution is -2.30. The topological polar surface area (TPSA) is 63.3 Å². The normalized spacial score (nSPS) is 36.0. The summed E-state index contributed by atoms with van der Waals surface area (Å²) in [6, 6.07) is -0.0777. The largest absolute Gasteiger partial charge is 0.481 e. The summed E-state index contributed by atoms with van der Waals surface area (Å²) in [4.78, 5) is 10.8. The third kappa shape index (κ3) is 1.28. The van der Waals surface area contributed by atoms with Crippen molar-refractivity contribution < 1.29 is 9.90 Å². The third-order valence-corrected chi connectivity index (χ3v) is 2.32. The lowest BCUT2D eigenvalue weighted by Gasteiger charge is -2.20. The van der Waals surface area contributed by atoms with Crippen molar-refractivity contribution >= 4 is 5.97 Å². The van der Waals surface area contributed by atoms with Gasteiger partial charge in [0.1, 0.15) is 0 Å². The van der Waals surface area contributed by atoms with Gasteiger partial charge in [-0.1, -0.05) is 19.1 Å². The van der Waals surface area contributed by atoms with Crippen LogP contribution in [0.4, 0.5) is 0 Å². The number of rotatable bonds is 2. The highest BCUT2D eigenvalue weighted by molar-refractivity contribution is 5.77. The van der Waals surface area contributed by atoms with E-state index < -0.39 is 11.4 Å². The average molecular weight is 155 g/mol. The van der Waals surface area contributed by atoms with Crippen LogP contribution >= 0.6 is 0 Å². The summed E-state index contributed by atoms with van der Waals surface area (Å²) < 4.78 is 0. The predicted octanol–water partition coefficient (Wildman–Crippen LogP) is 0.755. The molecule has 0 unspecified atom stereocenters. The zero-order chi connectivity index (χ0) is 8.48. The predicted molar refractivity (Wildman–Crippen MR) is 42.1 cm³/mol. The Hall–Kier alpha value is -0.830. The van der Waals surface area contributed by atoms with E-state index in [9.17, 15) is 4.79 Å². The van der Waals surface area contributed by atoms with Crippen LogP contribution in [0.5, 0.6) is 0 Å². The summed E-state index contributed by atoms with van der Waals surface area (Å²) in [6.45, 7) is 1.87. The SMILES string of the molecule is CC[C@]1(C(=O)O)C=C[C@@H](N)C1. The average Bonchev–Trinajstić information content (AvgIpc) is 2.33. The molecule has 2 atom stereocenters. The van der Waals surface area contributed by atoms with Crippen LogP contribution in [-0.2, 0) is 4.79 Å². The second kappa shape index (κ2) is 2.66. The molecule has 3 N–H and O–H groups in total. The van der Waals surface area contributed by atoms with Crippen molar-refractivity contribution in [2.45, 2.75) is 25.8 Å². The van der Waals surface area contributed by atoms with Gasteiger partial charge >= 0.3 is 5.97 Å². The number of carboxylic acid groups (broad SMARTS) is 1. The van der Waals surface area contributed by atoms with Crippen molar-refractivity contribution in [3.63, 3.8) is 0 Å². The van der Waals surface area contributed by atoms with Gasteiger partial charge in [-0.2, -0.15) is 0 Å². The lowest BCUT2D eigenvalue weighted by molar-refractivity contribution is -0.146. The Labute approximate surface area is 65.9 Å². The fourth-order valence-electron chi connectivity index (χ4n) is 1.44. The first-order chi connectivity index (χ1) is 5.10. The third-order valence-electron chi connectivity index (χ3n) is 2.32. The van der Waals surface area contributed by atoms with Crippen molar-refractivity contribution in [1.82, 2.24) is 0 Å².